The summed E-state index contributed by atoms with van der Waals surface area (Å²) in [5.74, 6) is 0.545. The van der Waals surface area contributed by atoms with Crippen molar-refractivity contribution >= 4 is 17.6 Å². The molecule has 26 heavy (non-hydrogen) atoms. The lowest BCUT2D eigenvalue weighted by Crippen LogP contribution is -2.40. The third kappa shape index (κ3) is 4.68. The van der Waals surface area contributed by atoms with Gasteiger partial charge in [-0.25, -0.2) is 0 Å². The highest BCUT2D eigenvalue weighted by molar-refractivity contribution is 5.93. The predicted molar refractivity (Wildman–Crippen MR) is 97.2 cm³/mol. The summed E-state index contributed by atoms with van der Waals surface area (Å²) in [6.07, 6.45) is 6.26. The summed E-state index contributed by atoms with van der Waals surface area (Å²) in [7, 11) is 0. The molecule has 6 nitrogen and oxygen atoms in total. The number of benzene rings is 1. The van der Waals surface area contributed by atoms with Crippen molar-refractivity contribution in [2.24, 2.45) is 5.92 Å². The second-order valence-electron chi connectivity index (χ2n) is 7.48. The summed E-state index contributed by atoms with van der Waals surface area (Å²) in [5.41, 5.74) is 0.600. The van der Waals surface area contributed by atoms with Crippen LogP contribution in [0.25, 0.3) is 0 Å². The summed E-state index contributed by atoms with van der Waals surface area (Å²) in [6, 6.07) is 5.34. The van der Waals surface area contributed by atoms with Crippen LogP contribution >= 0.6 is 0 Å². The van der Waals surface area contributed by atoms with Gasteiger partial charge in [0, 0.05) is 31.0 Å². The number of esters is 1. The second-order valence-corrected chi connectivity index (χ2v) is 7.48. The van der Waals surface area contributed by atoms with E-state index in [9.17, 15) is 9.59 Å². The van der Waals surface area contributed by atoms with E-state index in [1.165, 1.54) is 6.42 Å². The number of nitrogens with one attached hydrogen (secondary N) is 1. The maximum absolute atomic E-state index is 12.0. The molecular weight excluding hydrogens is 334 g/mol. The number of carbonyl (C=O) groups is 2. The summed E-state index contributed by atoms with van der Waals surface area (Å²) >= 11 is 0. The molecule has 1 aliphatic heterocycles. The van der Waals surface area contributed by atoms with Crippen molar-refractivity contribution in [2.45, 2.75) is 64.6 Å². The lowest BCUT2D eigenvalue weighted by Gasteiger charge is -2.31. The molecule has 1 heterocycles. The van der Waals surface area contributed by atoms with Crippen molar-refractivity contribution in [2.75, 3.05) is 11.9 Å². The molecule has 1 spiro atoms. The molecule has 1 aromatic carbocycles. The van der Waals surface area contributed by atoms with Gasteiger partial charge in [0.1, 0.15) is 0 Å². The quantitative estimate of drug-likeness (QED) is 0.774. The largest absolute Gasteiger partial charge is 0.456 e. The van der Waals surface area contributed by atoms with Gasteiger partial charge in [-0.1, -0.05) is 20.3 Å². The highest BCUT2D eigenvalue weighted by atomic mass is 16.7. The lowest BCUT2D eigenvalue weighted by molar-refractivity contribution is -0.147. The van der Waals surface area contributed by atoms with E-state index in [0.29, 0.717) is 29.5 Å². The first-order valence-electron chi connectivity index (χ1n) is 9.43. The Morgan fingerprint density at radius 2 is 1.88 bits per heavy atom. The minimum Gasteiger partial charge on any atom is -0.456 e. The Labute approximate surface area is 154 Å². The normalized spacial score (nSPS) is 17.3. The highest BCUT2D eigenvalue weighted by Crippen LogP contribution is 2.46. The molecule has 0 atom stereocenters. The maximum atomic E-state index is 12.0. The van der Waals surface area contributed by atoms with Crippen molar-refractivity contribution < 1.29 is 23.8 Å². The fourth-order valence-electron chi connectivity index (χ4n) is 3.29. The van der Waals surface area contributed by atoms with E-state index in [4.69, 9.17) is 14.2 Å². The van der Waals surface area contributed by atoms with Crippen LogP contribution in [-0.2, 0) is 14.3 Å². The zero-order valence-corrected chi connectivity index (χ0v) is 15.5. The van der Waals surface area contributed by atoms with E-state index in [-0.39, 0.29) is 18.5 Å². The lowest BCUT2D eigenvalue weighted by atomic mass is 9.94. The van der Waals surface area contributed by atoms with Crippen LogP contribution in [0.1, 0.15) is 58.8 Å². The summed E-state index contributed by atoms with van der Waals surface area (Å²) < 4.78 is 17.1. The van der Waals surface area contributed by atoms with Gasteiger partial charge in [-0.3, -0.25) is 9.59 Å². The highest BCUT2D eigenvalue weighted by Gasteiger charge is 2.42. The Morgan fingerprint density at radius 3 is 2.62 bits per heavy atom. The van der Waals surface area contributed by atoms with Gasteiger partial charge in [0.05, 0.1) is 0 Å². The fourth-order valence-corrected chi connectivity index (χ4v) is 3.29. The van der Waals surface area contributed by atoms with Crippen LogP contribution in [0.3, 0.4) is 0 Å². The monoisotopic (exact) mass is 361 g/mol. The molecule has 2 aliphatic rings. The first kappa shape index (κ1) is 18.5. The van der Waals surface area contributed by atoms with Crippen LogP contribution < -0.4 is 14.8 Å². The molecule has 1 amide bonds. The average Bonchev–Trinajstić information content (AvgIpc) is 2.95. The van der Waals surface area contributed by atoms with Gasteiger partial charge in [-0.15, -0.1) is 0 Å². The Bertz CT molecular complexity index is 664. The molecule has 0 radical (unpaired) electrons. The molecule has 3 rings (SSSR count). The van der Waals surface area contributed by atoms with Gasteiger partial charge in [0.15, 0.2) is 18.1 Å². The van der Waals surface area contributed by atoms with Gasteiger partial charge in [0.2, 0.25) is 0 Å². The molecule has 1 N–H and O–H groups in total. The first-order chi connectivity index (χ1) is 12.5. The van der Waals surface area contributed by atoms with E-state index in [2.05, 4.69) is 5.32 Å². The van der Waals surface area contributed by atoms with E-state index < -0.39 is 5.79 Å². The van der Waals surface area contributed by atoms with Crippen LogP contribution in [0, 0.1) is 5.92 Å². The number of ether oxygens (including phenoxy) is 3. The van der Waals surface area contributed by atoms with E-state index in [1.807, 2.05) is 19.9 Å². The van der Waals surface area contributed by atoms with Gasteiger partial charge in [0.25, 0.3) is 11.7 Å². The number of anilines is 1. The standard InChI is InChI=1S/C20H27NO5/c1-14(2)6-9-19(23)24-13-18(22)21-15-7-8-16-17(12-15)26-20(25-16)10-4-3-5-11-20/h7-8,12,14H,3-6,9-11,13H2,1-2H3,(H,21,22). The van der Waals surface area contributed by atoms with Crippen molar-refractivity contribution in [3.63, 3.8) is 0 Å². The van der Waals surface area contributed by atoms with Gasteiger partial charge >= 0.3 is 5.97 Å². The number of hydrogen-bond donors (Lipinski definition) is 1. The number of amides is 1. The van der Waals surface area contributed by atoms with Gasteiger partial charge in [-0.2, -0.15) is 0 Å². The third-order valence-corrected chi connectivity index (χ3v) is 4.72. The summed E-state index contributed by atoms with van der Waals surface area (Å²) in [6.45, 7) is 3.80. The Kier molecular flexibility index (Phi) is 5.69. The Balaban J connectivity index is 1.50. The van der Waals surface area contributed by atoms with Crippen molar-refractivity contribution in [3.05, 3.63) is 18.2 Å². The first-order valence-corrected chi connectivity index (χ1v) is 9.43. The molecule has 6 heteroatoms. The van der Waals surface area contributed by atoms with Gasteiger partial charge in [-0.05, 0) is 37.3 Å². The molecule has 0 aromatic heterocycles. The Hall–Kier alpha value is -2.24. The number of carbonyl (C=O) groups excluding carboxylic acids is 2. The van der Waals surface area contributed by atoms with Crippen LogP contribution in [0.5, 0.6) is 11.5 Å². The molecule has 0 saturated heterocycles. The van der Waals surface area contributed by atoms with Crippen LogP contribution in [-0.4, -0.2) is 24.3 Å². The van der Waals surface area contributed by atoms with E-state index >= 15 is 0 Å². The third-order valence-electron chi connectivity index (χ3n) is 4.72. The minimum absolute atomic E-state index is 0.282. The molecular formula is C20H27NO5. The number of fused-ring (bicyclic) bond motifs is 1. The van der Waals surface area contributed by atoms with E-state index in [0.717, 1.165) is 32.1 Å². The molecule has 1 fully saturated rings. The van der Waals surface area contributed by atoms with Crippen molar-refractivity contribution in [3.8, 4) is 11.5 Å². The van der Waals surface area contributed by atoms with Crippen LogP contribution in [0.4, 0.5) is 5.69 Å². The molecule has 1 aromatic rings. The van der Waals surface area contributed by atoms with Crippen molar-refractivity contribution in [1.82, 2.24) is 0 Å². The topological polar surface area (TPSA) is 73.9 Å². The Morgan fingerprint density at radius 1 is 1.15 bits per heavy atom. The molecule has 0 unspecified atom stereocenters. The summed E-state index contributed by atoms with van der Waals surface area (Å²) in [4.78, 5) is 23.6. The minimum atomic E-state index is -0.533. The number of rotatable bonds is 6. The number of hydrogen-bond acceptors (Lipinski definition) is 5. The smallest absolute Gasteiger partial charge is 0.306 e. The zero-order valence-electron chi connectivity index (χ0n) is 15.5. The molecule has 142 valence electrons. The second kappa shape index (κ2) is 7.98. The summed E-state index contributed by atoms with van der Waals surface area (Å²) in [5, 5.41) is 2.73. The SMILES string of the molecule is CC(C)CCC(=O)OCC(=O)Nc1ccc2c(c1)OC1(CCCCC1)O2. The molecule has 1 aliphatic carbocycles. The van der Waals surface area contributed by atoms with Crippen LogP contribution in [0.15, 0.2) is 18.2 Å². The zero-order chi connectivity index (χ0) is 18.6. The van der Waals surface area contributed by atoms with E-state index in [1.54, 1.807) is 12.1 Å². The maximum Gasteiger partial charge on any atom is 0.306 e. The molecule has 0 bridgehead atoms. The fraction of sp³-hybridized carbons (Fsp3) is 0.600. The van der Waals surface area contributed by atoms with Crippen LogP contribution in [0.2, 0.25) is 0 Å². The predicted octanol–water partition coefficient (Wildman–Crippen LogP) is 4.04. The molecule has 1 saturated carbocycles. The average molecular weight is 361 g/mol. The van der Waals surface area contributed by atoms with Crippen molar-refractivity contribution in [1.29, 1.82) is 0 Å². The van der Waals surface area contributed by atoms with Gasteiger partial charge < -0.3 is 19.5 Å².